The highest BCUT2D eigenvalue weighted by Crippen LogP contribution is 2.27. The van der Waals surface area contributed by atoms with E-state index in [4.69, 9.17) is 14.6 Å². The van der Waals surface area contributed by atoms with Gasteiger partial charge in [0.1, 0.15) is 5.82 Å². The van der Waals surface area contributed by atoms with Gasteiger partial charge in [-0.1, -0.05) is 0 Å². The third kappa shape index (κ3) is 5.01. The van der Waals surface area contributed by atoms with Crippen molar-refractivity contribution in [3.63, 3.8) is 0 Å². The van der Waals surface area contributed by atoms with E-state index in [0.717, 1.165) is 70.5 Å². The summed E-state index contributed by atoms with van der Waals surface area (Å²) in [6.45, 7) is 7.69. The molecule has 3 heterocycles. The molecule has 2 fully saturated rings. The summed E-state index contributed by atoms with van der Waals surface area (Å²) in [5.74, 6) is 1.89. The maximum Gasteiger partial charge on any atom is 0.224 e. The van der Waals surface area contributed by atoms with Crippen molar-refractivity contribution in [2.45, 2.75) is 12.3 Å². The lowest BCUT2D eigenvalue weighted by Crippen LogP contribution is -2.47. The molecule has 0 spiro atoms. The molecular weight excluding hydrogens is 322 g/mol. The number of anilines is 2. The Morgan fingerprint density at radius 3 is 2.84 bits per heavy atom. The van der Waals surface area contributed by atoms with Crippen LogP contribution >= 0.6 is 0 Å². The lowest BCUT2D eigenvalue weighted by atomic mass is 10.0. The summed E-state index contributed by atoms with van der Waals surface area (Å²) in [5.41, 5.74) is 1.03. The maximum absolute atomic E-state index is 9.06. The van der Waals surface area contributed by atoms with E-state index in [2.05, 4.69) is 31.2 Å². The first-order chi connectivity index (χ1) is 12.3. The minimum Gasteiger partial charge on any atom is -0.395 e. The number of ether oxygens (including phenoxy) is 2. The monoisotopic (exact) mass is 351 g/mol. The molecule has 0 saturated carbocycles. The van der Waals surface area contributed by atoms with Gasteiger partial charge >= 0.3 is 0 Å². The molecule has 140 valence electrons. The van der Waals surface area contributed by atoms with E-state index in [9.17, 15) is 0 Å². The number of rotatable bonds is 8. The number of aliphatic hydroxyl groups is 1. The predicted molar refractivity (Wildman–Crippen MR) is 96.3 cm³/mol. The van der Waals surface area contributed by atoms with E-state index in [1.165, 1.54) is 0 Å². The summed E-state index contributed by atoms with van der Waals surface area (Å²) < 4.78 is 10.7. The van der Waals surface area contributed by atoms with Gasteiger partial charge in [-0.3, -0.25) is 4.90 Å². The quantitative estimate of drug-likeness (QED) is 0.685. The van der Waals surface area contributed by atoms with Crippen LogP contribution in [0.1, 0.15) is 18.0 Å². The number of aromatic nitrogens is 2. The molecule has 2 aliphatic rings. The van der Waals surface area contributed by atoms with Crippen LogP contribution in [0.4, 0.5) is 11.8 Å². The number of aliphatic hydroxyl groups excluding tert-OH is 1. The van der Waals surface area contributed by atoms with Gasteiger partial charge in [0, 0.05) is 65.0 Å². The van der Waals surface area contributed by atoms with Crippen LogP contribution < -0.4 is 10.2 Å². The number of methoxy groups -OCH3 is 1. The van der Waals surface area contributed by atoms with Crippen molar-refractivity contribution < 1.29 is 14.6 Å². The molecule has 0 unspecified atom stereocenters. The fourth-order valence-electron chi connectivity index (χ4n) is 3.26. The van der Waals surface area contributed by atoms with E-state index in [1.807, 2.05) is 0 Å². The van der Waals surface area contributed by atoms with Gasteiger partial charge < -0.3 is 24.8 Å². The van der Waals surface area contributed by atoms with E-state index < -0.39 is 0 Å². The predicted octanol–water partition coefficient (Wildman–Crippen LogP) is 0.153. The second-order valence-corrected chi connectivity index (χ2v) is 6.51. The molecule has 2 N–H and O–H groups in total. The highest BCUT2D eigenvalue weighted by atomic mass is 16.5. The van der Waals surface area contributed by atoms with Gasteiger partial charge in [0.05, 0.1) is 25.5 Å². The molecule has 1 aromatic rings. The van der Waals surface area contributed by atoms with Crippen LogP contribution in [0, 0.1) is 0 Å². The molecule has 3 rings (SSSR count). The van der Waals surface area contributed by atoms with Gasteiger partial charge in [0.2, 0.25) is 5.95 Å². The Labute approximate surface area is 149 Å². The van der Waals surface area contributed by atoms with Crippen LogP contribution in [0.25, 0.3) is 0 Å². The zero-order valence-electron chi connectivity index (χ0n) is 15.0. The molecule has 8 nitrogen and oxygen atoms in total. The van der Waals surface area contributed by atoms with Crippen LogP contribution in [0.3, 0.4) is 0 Å². The standard InChI is InChI=1S/C17H29N5O3/c1-24-11-8-21-4-6-22(7-5-21)16-12-15(14-2-10-25-13-14)19-17(20-16)18-3-9-23/h12,14,23H,2-11,13H2,1H3,(H,18,19,20)/t14-/m1/s1. The van der Waals surface area contributed by atoms with Gasteiger partial charge in [-0.2, -0.15) is 4.98 Å². The first kappa shape index (κ1) is 18.3. The van der Waals surface area contributed by atoms with Crippen LogP contribution in [0.2, 0.25) is 0 Å². The molecule has 1 atom stereocenters. The molecular formula is C17H29N5O3. The minimum atomic E-state index is 0.0631. The Morgan fingerprint density at radius 1 is 1.32 bits per heavy atom. The van der Waals surface area contributed by atoms with Crippen molar-refractivity contribution in [1.82, 2.24) is 14.9 Å². The molecule has 0 radical (unpaired) electrons. The van der Waals surface area contributed by atoms with E-state index in [0.29, 0.717) is 18.4 Å². The molecule has 8 heteroatoms. The zero-order valence-corrected chi connectivity index (χ0v) is 15.0. The van der Waals surface area contributed by atoms with E-state index in [1.54, 1.807) is 7.11 Å². The van der Waals surface area contributed by atoms with Crippen molar-refractivity contribution in [3.05, 3.63) is 11.8 Å². The Morgan fingerprint density at radius 2 is 2.16 bits per heavy atom. The first-order valence-electron chi connectivity index (χ1n) is 9.08. The van der Waals surface area contributed by atoms with E-state index in [-0.39, 0.29) is 6.61 Å². The van der Waals surface area contributed by atoms with Crippen molar-refractivity contribution >= 4 is 11.8 Å². The van der Waals surface area contributed by atoms with Crippen molar-refractivity contribution in [3.8, 4) is 0 Å². The highest BCUT2D eigenvalue weighted by molar-refractivity contribution is 5.46. The van der Waals surface area contributed by atoms with Crippen molar-refractivity contribution in [2.24, 2.45) is 0 Å². The summed E-state index contributed by atoms with van der Waals surface area (Å²) in [5, 5.41) is 12.2. The first-order valence-corrected chi connectivity index (χ1v) is 9.08. The molecule has 2 aliphatic heterocycles. The number of hydrogen-bond donors (Lipinski definition) is 2. The van der Waals surface area contributed by atoms with Crippen LogP contribution in [-0.4, -0.2) is 92.8 Å². The average molecular weight is 351 g/mol. The second kappa shape index (κ2) is 9.28. The fraction of sp³-hybridized carbons (Fsp3) is 0.765. The number of nitrogens with zero attached hydrogens (tertiary/aromatic N) is 4. The summed E-state index contributed by atoms with van der Waals surface area (Å²) in [4.78, 5) is 14.0. The van der Waals surface area contributed by atoms with Crippen LogP contribution in [0.5, 0.6) is 0 Å². The average Bonchev–Trinajstić information content (AvgIpc) is 3.20. The van der Waals surface area contributed by atoms with E-state index >= 15 is 0 Å². The third-order valence-corrected chi connectivity index (χ3v) is 4.78. The molecule has 2 saturated heterocycles. The topological polar surface area (TPSA) is 83.0 Å². The van der Waals surface area contributed by atoms with Gasteiger partial charge in [-0.05, 0) is 6.42 Å². The Hall–Kier alpha value is -1.48. The van der Waals surface area contributed by atoms with Gasteiger partial charge in [0.25, 0.3) is 0 Å². The Balaban J connectivity index is 1.70. The van der Waals surface area contributed by atoms with Gasteiger partial charge in [-0.25, -0.2) is 4.98 Å². The minimum absolute atomic E-state index is 0.0631. The lowest BCUT2D eigenvalue weighted by molar-refractivity contribution is 0.144. The second-order valence-electron chi connectivity index (χ2n) is 6.51. The Bertz CT molecular complexity index is 531. The molecule has 25 heavy (non-hydrogen) atoms. The third-order valence-electron chi connectivity index (χ3n) is 4.78. The lowest BCUT2D eigenvalue weighted by Gasteiger charge is -2.35. The largest absolute Gasteiger partial charge is 0.395 e. The number of nitrogens with one attached hydrogen (secondary N) is 1. The van der Waals surface area contributed by atoms with Crippen molar-refractivity contribution in [1.29, 1.82) is 0 Å². The Kier molecular flexibility index (Phi) is 6.80. The van der Waals surface area contributed by atoms with Crippen LogP contribution in [0.15, 0.2) is 6.07 Å². The zero-order chi connectivity index (χ0) is 17.5. The molecule has 1 aromatic heterocycles. The highest BCUT2D eigenvalue weighted by Gasteiger charge is 2.23. The normalized spacial score (nSPS) is 21.7. The fourth-order valence-corrected chi connectivity index (χ4v) is 3.26. The SMILES string of the molecule is COCCN1CCN(c2cc([C@@H]3CCOC3)nc(NCCO)n2)CC1. The number of hydrogen-bond acceptors (Lipinski definition) is 8. The molecule has 0 bridgehead atoms. The maximum atomic E-state index is 9.06. The van der Waals surface area contributed by atoms with Crippen LogP contribution in [-0.2, 0) is 9.47 Å². The molecule has 0 amide bonds. The van der Waals surface area contributed by atoms with Gasteiger partial charge in [-0.15, -0.1) is 0 Å². The molecule has 0 aromatic carbocycles. The van der Waals surface area contributed by atoms with Crippen molar-refractivity contribution in [2.75, 3.05) is 83.0 Å². The number of piperazine rings is 1. The molecule has 0 aliphatic carbocycles. The summed E-state index contributed by atoms with van der Waals surface area (Å²) >= 11 is 0. The van der Waals surface area contributed by atoms with Gasteiger partial charge in [0.15, 0.2) is 0 Å². The summed E-state index contributed by atoms with van der Waals surface area (Å²) in [7, 11) is 1.74. The summed E-state index contributed by atoms with van der Waals surface area (Å²) in [6, 6.07) is 2.11. The summed E-state index contributed by atoms with van der Waals surface area (Å²) in [6.07, 6.45) is 1.00. The smallest absolute Gasteiger partial charge is 0.224 e.